The van der Waals surface area contributed by atoms with E-state index in [2.05, 4.69) is 10.3 Å². The fourth-order valence-corrected chi connectivity index (χ4v) is 2.43. The fraction of sp³-hybridized carbons (Fsp3) is 0.286. The van der Waals surface area contributed by atoms with E-state index in [1.807, 2.05) is 34.9 Å². The first-order valence-electron chi connectivity index (χ1n) is 6.36. The predicted molar refractivity (Wildman–Crippen MR) is 71.5 cm³/mol. The van der Waals surface area contributed by atoms with Gasteiger partial charge in [-0.2, -0.15) is 0 Å². The molecule has 1 aromatic heterocycles. The molecule has 0 radical (unpaired) electrons. The largest absolute Gasteiger partial charge is 0.476 e. The van der Waals surface area contributed by atoms with Gasteiger partial charge in [-0.3, -0.25) is 0 Å². The summed E-state index contributed by atoms with van der Waals surface area (Å²) in [6.07, 6.45) is 1.65. The summed E-state index contributed by atoms with van der Waals surface area (Å²) in [5, 5.41) is 12.3. The Morgan fingerprint density at radius 1 is 1.37 bits per heavy atom. The van der Waals surface area contributed by atoms with Gasteiger partial charge in [0.05, 0.1) is 0 Å². The van der Waals surface area contributed by atoms with Crippen LogP contribution >= 0.6 is 0 Å². The SMILES string of the molecule is O=C(O)c1nc(Cc2ccccc2)n2c1NCCC2. The molecular weight excluding hydrogens is 242 g/mol. The molecule has 2 aromatic rings. The maximum Gasteiger partial charge on any atom is 0.358 e. The molecule has 0 atom stereocenters. The van der Waals surface area contributed by atoms with Crippen LogP contribution in [-0.4, -0.2) is 27.2 Å². The number of carboxylic acids is 1. The van der Waals surface area contributed by atoms with Crippen LogP contribution < -0.4 is 5.32 Å². The van der Waals surface area contributed by atoms with Crippen molar-refractivity contribution in [1.29, 1.82) is 0 Å². The van der Waals surface area contributed by atoms with E-state index in [9.17, 15) is 9.90 Å². The molecule has 1 aromatic carbocycles. The van der Waals surface area contributed by atoms with Crippen molar-refractivity contribution in [3.63, 3.8) is 0 Å². The van der Waals surface area contributed by atoms with E-state index >= 15 is 0 Å². The standard InChI is InChI=1S/C14H15N3O2/c18-14(19)12-13-15-7-4-8-17(13)11(16-12)9-10-5-2-1-3-6-10/h1-3,5-6,15H,4,7-9H2,(H,18,19). The quantitative estimate of drug-likeness (QED) is 0.882. The van der Waals surface area contributed by atoms with E-state index in [1.165, 1.54) is 0 Å². The number of anilines is 1. The Balaban J connectivity index is 1.99. The van der Waals surface area contributed by atoms with Crippen molar-refractivity contribution >= 4 is 11.8 Å². The zero-order valence-corrected chi connectivity index (χ0v) is 10.5. The smallest absolute Gasteiger partial charge is 0.358 e. The summed E-state index contributed by atoms with van der Waals surface area (Å²) in [6, 6.07) is 9.98. The van der Waals surface area contributed by atoms with E-state index in [-0.39, 0.29) is 5.69 Å². The number of carboxylic acid groups (broad SMARTS) is 1. The normalized spacial score (nSPS) is 13.7. The van der Waals surface area contributed by atoms with Gasteiger partial charge >= 0.3 is 5.97 Å². The minimum absolute atomic E-state index is 0.130. The van der Waals surface area contributed by atoms with Crippen LogP contribution in [0.4, 0.5) is 5.82 Å². The summed E-state index contributed by atoms with van der Waals surface area (Å²) in [5.74, 6) is 0.480. The van der Waals surface area contributed by atoms with Gasteiger partial charge in [0.1, 0.15) is 11.6 Å². The van der Waals surface area contributed by atoms with Crippen LogP contribution in [-0.2, 0) is 13.0 Å². The molecule has 2 N–H and O–H groups in total. The number of hydrogen-bond donors (Lipinski definition) is 2. The highest BCUT2D eigenvalue weighted by Gasteiger charge is 2.23. The van der Waals surface area contributed by atoms with Crippen LogP contribution in [0.1, 0.15) is 28.3 Å². The lowest BCUT2D eigenvalue weighted by atomic mass is 10.1. The van der Waals surface area contributed by atoms with Gasteiger partial charge in [0.25, 0.3) is 0 Å². The lowest BCUT2D eigenvalue weighted by molar-refractivity contribution is 0.0692. The van der Waals surface area contributed by atoms with Gasteiger partial charge in [0, 0.05) is 19.5 Å². The number of hydrogen-bond acceptors (Lipinski definition) is 3. The molecule has 5 heteroatoms. The van der Waals surface area contributed by atoms with E-state index in [0.29, 0.717) is 12.2 Å². The van der Waals surface area contributed by atoms with Gasteiger partial charge in [-0.05, 0) is 12.0 Å². The Labute approximate surface area is 110 Å². The van der Waals surface area contributed by atoms with Gasteiger partial charge < -0.3 is 15.0 Å². The van der Waals surface area contributed by atoms with Crippen LogP contribution in [0.25, 0.3) is 0 Å². The molecule has 0 aliphatic carbocycles. The summed E-state index contributed by atoms with van der Waals surface area (Å²) >= 11 is 0. The number of aromatic carboxylic acids is 1. The lowest BCUT2D eigenvalue weighted by Crippen LogP contribution is -2.19. The Bertz CT molecular complexity index is 605. The summed E-state index contributed by atoms with van der Waals surface area (Å²) in [7, 11) is 0. The molecule has 3 rings (SSSR count). The molecule has 1 aliphatic rings. The third-order valence-electron chi connectivity index (χ3n) is 3.31. The molecule has 0 saturated carbocycles. The van der Waals surface area contributed by atoms with E-state index in [4.69, 9.17) is 0 Å². The van der Waals surface area contributed by atoms with Crippen molar-refractivity contribution in [3.05, 3.63) is 47.4 Å². The molecule has 1 aliphatic heterocycles. The van der Waals surface area contributed by atoms with Crippen molar-refractivity contribution in [2.24, 2.45) is 0 Å². The number of rotatable bonds is 3. The number of carbonyl (C=O) groups is 1. The molecule has 2 heterocycles. The molecule has 19 heavy (non-hydrogen) atoms. The molecule has 0 amide bonds. The van der Waals surface area contributed by atoms with Crippen molar-refractivity contribution in [3.8, 4) is 0 Å². The van der Waals surface area contributed by atoms with Gasteiger partial charge in [-0.15, -0.1) is 0 Å². The molecule has 0 fully saturated rings. The minimum Gasteiger partial charge on any atom is -0.476 e. The molecule has 5 nitrogen and oxygen atoms in total. The van der Waals surface area contributed by atoms with E-state index in [0.717, 1.165) is 30.9 Å². The lowest BCUT2D eigenvalue weighted by Gasteiger charge is -2.18. The number of nitrogens with zero attached hydrogens (tertiary/aromatic N) is 2. The summed E-state index contributed by atoms with van der Waals surface area (Å²) in [5.41, 5.74) is 1.27. The van der Waals surface area contributed by atoms with Crippen LogP contribution in [0.5, 0.6) is 0 Å². The van der Waals surface area contributed by atoms with Crippen LogP contribution in [0.15, 0.2) is 30.3 Å². The van der Waals surface area contributed by atoms with Crippen molar-refractivity contribution in [2.75, 3.05) is 11.9 Å². The van der Waals surface area contributed by atoms with Crippen LogP contribution in [0.3, 0.4) is 0 Å². The number of imidazole rings is 1. The average Bonchev–Trinajstić information content (AvgIpc) is 2.79. The maximum atomic E-state index is 11.2. The highest BCUT2D eigenvalue weighted by Crippen LogP contribution is 2.23. The van der Waals surface area contributed by atoms with Gasteiger partial charge in [0.15, 0.2) is 5.69 Å². The van der Waals surface area contributed by atoms with Crippen molar-refractivity contribution in [1.82, 2.24) is 9.55 Å². The van der Waals surface area contributed by atoms with Gasteiger partial charge in [0.2, 0.25) is 0 Å². The second-order valence-electron chi connectivity index (χ2n) is 4.62. The fourth-order valence-electron chi connectivity index (χ4n) is 2.43. The maximum absolute atomic E-state index is 11.2. The first kappa shape index (κ1) is 11.8. The van der Waals surface area contributed by atoms with Crippen molar-refractivity contribution in [2.45, 2.75) is 19.4 Å². The molecule has 98 valence electrons. The van der Waals surface area contributed by atoms with Crippen molar-refractivity contribution < 1.29 is 9.90 Å². The second kappa shape index (κ2) is 4.76. The monoisotopic (exact) mass is 257 g/mol. The Morgan fingerprint density at radius 3 is 2.89 bits per heavy atom. The zero-order valence-electron chi connectivity index (χ0n) is 10.5. The Hall–Kier alpha value is -2.30. The Kier molecular flexibility index (Phi) is 2.95. The Morgan fingerprint density at radius 2 is 2.16 bits per heavy atom. The molecule has 0 bridgehead atoms. The summed E-state index contributed by atoms with van der Waals surface area (Å²) in [4.78, 5) is 15.5. The number of nitrogens with one attached hydrogen (secondary N) is 1. The van der Waals surface area contributed by atoms with Gasteiger partial charge in [-0.1, -0.05) is 30.3 Å². The molecular formula is C14H15N3O2. The topological polar surface area (TPSA) is 67.1 Å². The second-order valence-corrected chi connectivity index (χ2v) is 4.62. The first-order chi connectivity index (χ1) is 9.25. The van der Waals surface area contributed by atoms with E-state index in [1.54, 1.807) is 0 Å². The summed E-state index contributed by atoms with van der Waals surface area (Å²) < 4.78 is 1.99. The average molecular weight is 257 g/mol. The molecule has 0 spiro atoms. The number of benzene rings is 1. The molecule has 0 unspecified atom stereocenters. The van der Waals surface area contributed by atoms with Gasteiger partial charge in [-0.25, -0.2) is 9.78 Å². The highest BCUT2D eigenvalue weighted by atomic mass is 16.4. The number of aromatic nitrogens is 2. The predicted octanol–water partition coefficient (Wildman–Crippen LogP) is 1.99. The number of fused-ring (bicyclic) bond motifs is 1. The third-order valence-corrected chi connectivity index (χ3v) is 3.31. The highest BCUT2D eigenvalue weighted by molar-refractivity contribution is 5.91. The molecule has 0 saturated heterocycles. The van der Waals surface area contributed by atoms with Crippen LogP contribution in [0, 0.1) is 0 Å². The van der Waals surface area contributed by atoms with E-state index < -0.39 is 5.97 Å². The third kappa shape index (κ3) is 2.19. The zero-order chi connectivity index (χ0) is 13.2. The van der Waals surface area contributed by atoms with Crippen LogP contribution in [0.2, 0.25) is 0 Å². The summed E-state index contributed by atoms with van der Waals surface area (Å²) in [6.45, 7) is 1.63. The minimum atomic E-state index is -0.975. The first-order valence-corrected chi connectivity index (χ1v) is 6.36.